The van der Waals surface area contributed by atoms with Gasteiger partial charge >= 0.3 is 6.16 Å². The molecule has 1 atom stereocenters. The van der Waals surface area contributed by atoms with E-state index in [4.69, 9.17) is 4.74 Å². The van der Waals surface area contributed by atoms with E-state index in [1.165, 1.54) is 25.7 Å². The van der Waals surface area contributed by atoms with Gasteiger partial charge in [0.25, 0.3) is 0 Å². The van der Waals surface area contributed by atoms with Crippen molar-refractivity contribution in [2.45, 2.75) is 45.1 Å². The Hall–Kier alpha value is -0.990. The molecular weight excluding hydrogens is 180 g/mol. The third-order valence-electron chi connectivity index (χ3n) is 2.19. The van der Waals surface area contributed by atoms with Gasteiger partial charge < -0.3 is 9.47 Å². The maximum atomic E-state index is 10.5. The molecule has 14 heavy (non-hydrogen) atoms. The first-order chi connectivity index (χ1) is 6.83. The van der Waals surface area contributed by atoms with Crippen LogP contribution < -0.4 is 0 Å². The Morgan fingerprint density at radius 2 is 2.29 bits per heavy atom. The maximum absolute atomic E-state index is 10.5. The molecule has 0 aromatic heterocycles. The molecule has 1 aliphatic rings. The van der Waals surface area contributed by atoms with Gasteiger partial charge in [-0.05, 0) is 18.9 Å². The molecule has 3 heteroatoms. The molecule has 0 bridgehead atoms. The van der Waals surface area contributed by atoms with Crippen molar-refractivity contribution in [1.29, 1.82) is 0 Å². The largest absolute Gasteiger partial charge is 0.509 e. The van der Waals surface area contributed by atoms with E-state index in [1.807, 2.05) is 6.08 Å². The van der Waals surface area contributed by atoms with Crippen LogP contribution in [-0.2, 0) is 9.47 Å². The summed E-state index contributed by atoms with van der Waals surface area (Å²) in [7, 11) is 0. The number of carbonyl (C=O) groups is 1. The lowest BCUT2D eigenvalue weighted by molar-refractivity contribution is 0.125. The molecule has 0 saturated carbocycles. The second kappa shape index (κ2) is 6.46. The van der Waals surface area contributed by atoms with Crippen LogP contribution in [0.1, 0.15) is 39.0 Å². The van der Waals surface area contributed by atoms with Crippen LogP contribution in [0.2, 0.25) is 0 Å². The van der Waals surface area contributed by atoms with Crippen molar-refractivity contribution >= 4 is 6.16 Å². The van der Waals surface area contributed by atoms with E-state index in [0.717, 1.165) is 6.42 Å². The predicted octanol–water partition coefficient (Wildman–Crippen LogP) is 3.05. The number of allylic oxidation sites excluding steroid dienone is 1. The van der Waals surface area contributed by atoms with E-state index in [0.29, 0.717) is 6.61 Å². The summed E-state index contributed by atoms with van der Waals surface area (Å²) < 4.78 is 9.49. The third kappa shape index (κ3) is 4.30. The summed E-state index contributed by atoms with van der Waals surface area (Å²) in [5, 5.41) is 0. The van der Waals surface area contributed by atoms with Crippen LogP contribution in [0.25, 0.3) is 0 Å². The molecule has 3 nitrogen and oxygen atoms in total. The summed E-state index contributed by atoms with van der Waals surface area (Å²) in [6.07, 6.45) is 9.40. The lowest BCUT2D eigenvalue weighted by Crippen LogP contribution is -2.04. The maximum Gasteiger partial charge on any atom is 0.509 e. The Kier molecular flexibility index (Phi) is 5.12. The molecule has 0 aliphatic carbocycles. The molecule has 1 heterocycles. The molecule has 1 saturated heterocycles. The van der Waals surface area contributed by atoms with Gasteiger partial charge in [-0.15, -0.1) is 0 Å². The smallest absolute Gasteiger partial charge is 0.430 e. The third-order valence-corrected chi connectivity index (χ3v) is 2.19. The minimum Gasteiger partial charge on any atom is -0.430 e. The van der Waals surface area contributed by atoms with E-state index < -0.39 is 6.16 Å². The molecule has 0 N–H and O–H groups in total. The summed E-state index contributed by atoms with van der Waals surface area (Å²) in [5.74, 6) is 0. The molecule has 80 valence electrons. The van der Waals surface area contributed by atoms with Gasteiger partial charge in [0.2, 0.25) is 0 Å². The minimum atomic E-state index is -0.550. The molecule has 0 unspecified atom stereocenters. The first-order valence-corrected chi connectivity index (χ1v) is 5.33. The number of cyclic esters (lactones) is 2. The quantitative estimate of drug-likeness (QED) is 0.374. The Morgan fingerprint density at radius 1 is 1.43 bits per heavy atom. The van der Waals surface area contributed by atoms with Crippen LogP contribution in [0.3, 0.4) is 0 Å². The fraction of sp³-hybridized carbons (Fsp3) is 0.727. The molecule has 0 radical (unpaired) electrons. The molecule has 0 aromatic carbocycles. The Bertz CT molecular complexity index is 199. The van der Waals surface area contributed by atoms with Crippen LogP contribution in [-0.4, -0.2) is 18.9 Å². The molecular formula is C11H18O3. The average Bonchev–Trinajstić information content (AvgIpc) is 2.58. The Balaban J connectivity index is 2.00. The van der Waals surface area contributed by atoms with Gasteiger partial charge in [0.05, 0.1) is 0 Å². The summed E-state index contributed by atoms with van der Waals surface area (Å²) in [4.78, 5) is 10.5. The topological polar surface area (TPSA) is 35.5 Å². The molecule has 1 rings (SSSR count). The van der Waals surface area contributed by atoms with Crippen LogP contribution in [0.4, 0.5) is 4.79 Å². The lowest BCUT2D eigenvalue weighted by Gasteiger charge is -1.98. The Morgan fingerprint density at radius 3 is 2.93 bits per heavy atom. The summed E-state index contributed by atoms with van der Waals surface area (Å²) >= 11 is 0. The monoisotopic (exact) mass is 198 g/mol. The van der Waals surface area contributed by atoms with E-state index in [2.05, 4.69) is 17.7 Å². The number of hydrogen-bond donors (Lipinski definition) is 0. The first-order valence-electron chi connectivity index (χ1n) is 5.33. The van der Waals surface area contributed by atoms with Gasteiger partial charge in [-0.25, -0.2) is 4.79 Å². The summed E-state index contributed by atoms with van der Waals surface area (Å²) in [6, 6.07) is 0. The average molecular weight is 198 g/mol. The molecule has 1 aliphatic heterocycles. The van der Waals surface area contributed by atoms with Crippen LogP contribution in [0, 0.1) is 0 Å². The number of hydrogen-bond acceptors (Lipinski definition) is 3. The second-order valence-corrected chi connectivity index (χ2v) is 3.49. The van der Waals surface area contributed by atoms with Crippen molar-refractivity contribution in [3.63, 3.8) is 0 Å². The van der Waals surface area contributed by atoms with Crippen LogP contribution in [0.5, 0.6) is 0 Å². The first kappa shape index (κ1) is 11.1. The van der Waals surface area contributed by atoms with Crippen molar-refractivity contribution in [2.75, 3.05) is 6.61 Å². The van der Waals surface area contributed by atoms with Gasteiger partial charge in [-0.1, -0.05) is 32.3 Å². The number of unbranched alkanes of at least 4 members (excludes halogenated alkanes) is 4. The van der Waals surface area contributed by atoms with Gasteiger partial charge in [0, 0.05) is 0 Å². The van der Waals surface area contributed by atoms with Gasteiger partial charge in [0.1, 0.15) is 6.61 Å². The molecule has 0 aromatic rings. The van der Waals surface area contributed by atoms with Crippen molar-refractivity contribution in [3.05, 3.63) is 12.2 Å². The van der Waals surface area contributed by atoms with E-state index in [9.17, 15) is 4.79 Å². The van der Waals surface area contributed by atoms with Crippen LogP contribution in [0.15, 0.2) is 12.2 Å². The van der Waals surface area contributed by atoms with E-state index in [1.54, 1.807) is 0 Å². The van der Waals surface area contributed by atoms with E-state index in [-0.39, 0.29) is 6.10 Å². The van der Waals surface area contributed by atoms with Crippen molar-refractivity contribution < 1.29 is 14.3 Å². The summed E-state index contributed by atoms with van der Waals surface area (Å²) in [5.41, 5.74) is 0. The molecule has 0 spiro atoms. The highest BCUT2D eigenvalue weighted by Crippen LogP contribution is 2.09. The normalized spacial score (nSPS) is 21.2. The highest BCUT2D eigenvalue weighted by Gasteiger charge is 2.21. The lowest BCUT2D eigenvalue weighted by atomic mass is 10.1. The second-order valence-electron chi connectivity index (χ2n) is 3.49. The predicted molar refractivity (Wildman–Crippen MR) is 54.1 cm³/mol. The van der Waals surface area contributed by atoms with Crippen LogP contribution >= 0.6 is 0 Å². The fourth-order valence-corrected chi connectivity index (χ4v) is 1.37. The SMILES string of the molecule is CCCCCC/C=C\[C@@H]1COC(=O)O1. The highest BCUT2D eigenvalue weighted by atomic mass is 16.8. The van der Waals surface area contributed by atoms with Gasteiger partial charge in [0.15, 0.2) is 6.10 Å². The zero-order valence-corrected chi connectivity index (χ0v) is 8.70. The van der Waals surface area contributed by atoms with Crippen molar-refractivity contribution in [3.8, 4) is 0 Å². The number of rotatable bonds is 6. The number of ether oxygens (including phenoxy) is 2. The van der Waals surface area contributed by atoms with Gasteiger partial charge in [-0.2, -0.15) is 0 Å². The zero-order chi connectivity index (χ0) is 10.2. The van der Waals surface area contributed by atoms with Crippen molar-refractivity contribution in [2.24, 2.45) is 0 Å². The molecule has 0 amide bonds. The van der Waals surface area contributed by atoms with E-state index >= 15 is 0 Å². The van der Waals surface area contributed by atoms with Crippen molar-refractivity contribution in [1.82, 2.24) is 0 Å². The standard InChI is InChI=1S/C11H18O3/c1-2-3-4-5-6-7-8-10-9-13-11(12)14-10/h7-8,10H,2-6,9H2,1H3/b8-7-/t10-/m1/s1. The zero-order valence-electron chi connectivity index (χ0n) is 8.70. The minimum absolute atomic E-state index is 0.159. The molecule has 1 fully saturated rings. The summed E-state index contributed by atoms with van der Waals surface area (Å²) in [6.45, 7) is 2.56. The number of carbonyl (C=O) groups excluding carboxylic acids is 1. The van der Waals surface area contributed by atoms with Gasteiger partial charge in [-0.3, -0.25) is 0 Å². The Labute approximate surface area is 85.1 Å². The highest BCUT2D eigenvalue weighted by molar-refractivity contribution is 5.62. The fourth-order valence-electron chi connectivity index (χ4n) is 1.37.